The van der Waals surface area contributed by atoms with Crippen molar-refractivity contribution in [3.63, 3.8) is 0 Å². The Morgan fingerprint density at radius 2 is 1.48 bits per heavy atom. The third-order valence-corrected chi connectivity index (χ3v) is 6.80. The van der Waals surface area contributed by atoms with Crippen LogP contribution in [0.15, 0.2) is 78.9 Å². The first kappa shape index (κ1) is 16.4. The number of benzene rings is 4. The molecule has 0 bridgehead atoms. The molecule has 0 saturated heterocycles. The molecule has 0 fully saturated rings. The molecule has 0 N–H and O–H groups in total. The fourth-order valence-corrected chi connectivity index (χ4v) is 5.39. The van der Waals surface area contributed by atoms with Gasteiger partial charge in [0.25, 0.3) is 0 Å². The van der Waals surface area contributed by atoms with Crippen LogP contribution in [0.1, 0.15) is 5.56 Å². The fraction of sp³-hybridized carbons (Fsp3) is 0.0385. The lowest BCUT2D eigenvalue weighted by molar-refractivity contribution is 1.19. The SMILES string of the molecule is [C-]#[N+]c1ccc2c(c1)c1ccccc1n2-c1ccc2sc3ccc(C)cc3c2c1. The minimum atomic E-state index is 0.676. The third-order valence-electron chi connectivity index (χ3n) is 5.65. The molecule has 6 rings (SSSR count). The number of aromatic nitrogens is 1. The Labute approximate surface area is 172 Å². The summed E-state index contributed by atoms with van der Waals surface area (Å²) in [5, 5.41) is 4.93. The molecule has 2 nitrogen and oxygen atoms in total. The van der Waals surface area contributed by atoms with E-state index in [0.717, 1.165) is 16.6 Å². The number of nitrogens with zero attached hydrogens (tertiary/aromatic N) is 2. The van der Waals surface area contributed by atoms with E-state index in [1.54, 1.807) is 0 Å². The molecular formula is C26H16N2S. The van der Waals surface area contributed by atoms with Gasteiger partial charge in [-0.3, -0.25) is 0 Å². The molecule has 2 heterocycles. The molecule has 3 heteroatoms. The Balaban J connectivity index is 1.73. The molecule has 0 atom stereocenters. The van der Waals surface area contributed by atoms with Gasteiger partial charge < -0.3 is 4.57 Å². The highest BCUT2D eigenvalue weighted by Crippen LogP contribution is 2.38. The van der Waals surface area contributed by atoms with Crippen molar-refractivity contribution in [3.8, 4) is 5.69 Å². The number of thiophene rings is 1. The molecule has 29 heavy (non-hydrogen) atoms. The Morgan fingerprint density at radius 3 is 2.34 bits per heavy atom. The van der Waals surface area contributed by atoms with Gasteiger partial charge in [0, 0.05) is 31.2 Å². The molecule has 0 aliphatic carbocycles. The van der Waals surface area contributed by atoms with Gasteiger partial charge in [-0.1, -0.05) is 35.9 Å². The summed E-state index contributed by atoms with van der Waals surface area (Å²) < 4.78 is 4.95. The van der Waals surface area contributed by atoms with E-state index in [9.17, 15) is 0 Å². The van der Waals surface area contributed by atoms with Gasteiger partial charge in [-0.15, -0.1) is 11.3 Å². The van der Waals surface area contributed by atoms with Crippen molar-refractivity contribution < 1.29 is 0 Å². The monoisotopic (exact) mass is 388 g/mol. The normalized spacial score (nSPS) is 11.6. The van der Waals surface area contributed by atoms with E-state index in [1.807, 2.05) is 23.5 Å². The maximum Gasteiger partial charge on any atom is 0.188 e. The highest BCUT2D eigenvalue weighted by Gasteiger charge is 2.14. The van der Waals surface area contributed by atoms with Crippen molar-refractivity contribution >= 4 is 59.0 Å². The number of hydrogen-bond acceptors (Lipinski definition) is 1. The maximum atomic E-state index is 7.38. The highest BCUT2D eigenvalue weighted by atomic mass is 32.1. The van der Waals surface area contributed by atoms with Crippen LogP contribution in [-0.2, 0) is 0 Å². The van der Waals surface area contributed by atoms with Crippen LogP contribution in [0.2, 0.25) is 0 Å². The third kappa shape index (κ3) is 2.33. The van der Waals surface area contributed by atoms with E-state index in [0.29, 0.717) is 5.69 Å². The van der Waals surface area contributed by atoms with Gasteiger partial charge in [0.05, 0.1) is 17.6 Å². The predicted molar refractivity (Wildman–Crippen MR) is 125 cm³/mol. The van der Waals surface area contributed by atoms with E-state index >= 15 is 0 Å². The second-order valence-electron chi connectivity index (χ2n) is 7.45. The van der Waals surface area contributed by atoms with Crippen LogP contribution < -0.4 is 0 Å². The lowest BCUT2D eigenvalue weighted by atomic mass is 10.1. The Morgan fingerprint density at radius 1 is 0.724 bits per heavy atom. The van der Waals surface area contributed by atoms with Crippen LogP contribution in [0.3, 0.4) is 0 Å². The van der Waals surface area contributed by atoms with E-state index in [1.165, 1.54) is 36.6 Å². The zero-order valence-corrected chi connectivity index (χ0v) is 16.6. The number of aryl methyl sites for hydroxylation is 1. The average Bonchev–Trinajstić information content (AvgIpc) is 3.28. The highest BCUT2D eigenvalue weighted by molar-refractivity contribution is 7.25. The minimum Gasteiger partial charge on any atom is -0.309 e. The number of para-hydroxylation sites is 1. The second kappa shape index (κ2) is 5.94. The van der Waals surface area contributed by atoms with Crippen molar-refractivity contribution in [1.29, 1.82) is 0 Å². The molecule has 0 unspecified atom stereocenters. The summed E-state index contributed by atoms with van der Waals surface area (Å²) in [6.07, 6.45) is 0. The van der Waals surface area contributed by atoms with Crippen molar-refractivity contribution in [1.82, 2.24) is 4.57 Å². The number of hydrogen-bond donors (Lipinski definition) is 0. The molecule has 0 saturated carbocycles. The molecular weight excluding hydrogens is 372 g/mol. The van der Waals surface area contributed by atoms with E-state index in [-0.39, 0.29) is 0 Å². The molecule has 0 aliphatic heterocycles. The van der Waals surface area contributed by atoms with Crippen LogP contribution in [0.25, 0.3) is 52.5 Å². The summed E-state index contributed by atoms with van der Waals surface area (Å²) in [4.78, 5) is 3.63. The van der Waals surface area contributed by atoms with Crippen molar-refractivity contribution in [2.24, 2.45) is 0 Å². The van der Waals surface area contributed by atoms with Gasteiger partial charge in [-0.05, 0) is 60.8 Å². The zero-order chi connectivity index (χ0) is 19.5. The molecule has 0 aliphatic rings. The number of rotatable bonds is 1. The summed E-state index contributed by atoms with van der Waals surface area (Å²) in [6.45, 7) is 9.53. The first-order valence-corrected chi connectivity index (χ1v) is 10.4. The minimum absolute atomic E-state index is 0.676. The average molecular weight is 388 g/mol. The smallest absolute Gasteiger partial charge is 0.188 e. The molecule has 2 aromatic heterocycles. The summed E-state index contributed by atoms with van der Waals surface area (Å²) in [5.41, 5.74) is 5.41. The summed E-state index contributed by atoms with van der Waals surface area (Å²) in [6, 6.07) is 27.9. The van der Waals surface area contributed by atoms with E-state index in [4.69, 9.17) is 6.57 Å². The summed E-state index contributed by atoms with van der Waals surface area (Å²) >= 11 is 1.85. The lowest BCUT2D eigenvalue weighted by Gasteiger charge is -2.08. The standard InChI is InChI=1S/C26H16N2S/c1-16-7-11-25-21(13-16)22-15-18(9-12-26(22)29-25)28-23-6-4-3-5-19(23)20-14-17(27-2)8-10-24(20)28/h3-15H,1H3. The molecule has 0 radical (unpaired) electrons. The fourth-order valence-electron chi connectivity index (χ4n) is 4.33. The van der Waals surface area contributed by atoms with Crippen LogP contribution >= 0.6 is 11.3 Å². The van der Waals surface area contributed by atoms with E-state index in [2.05, 4.69) is 83.1 Å². The second-order valence-corrected chi connectivity index (χ2v) is 8.53. The summed E-state index contributed by atoms with van der Waals surface area (Å²) in [7, 11) is 0. The van der Waals surface area contributed by atoms with Gasteiger partial charge >= 0.3 is 0 Å². The molecule has 6 aromatic rings. The largest absolute Gasteiger partial charge is 0.309 e. The van der Waals surface area contributed by atoms with Gasteiger partial charge in [0.15, 0.2) is 5.69 Å². The van der Waals surface area contributed by atoms with Gasteiger partial charge in [0.1, 0.15) is 0 Å². The number of fused-ring (bicyclic) bond motifs is 6. The van der Waals surface area contributed by atoms with E-state index < -0.39 is 0 Å². The van der Waals surface area contributed by atoms with Crippen molar-refractivity contribution in [2.45, 2.75) is 6.92 Å². The van der Waals surface area contributed by atoms with Gasteiger partial charge in [-0.25, -0.2) is 4.85 Å². The van der Waals surface area contributed by atoms with Crippen LogP contribution in [-0.4, -0.2) is 4.57 Å². The van der Waals surface area contributed by atoms with Crippen molar-refractivity contribution in [3.05, 3.63) is 95.8 Å². The quantitative estimate of drug-likeness (QED) is 0.252. The Hall–Kier alpha value is -3.61. The maximum absolute atomic E-state index is 7.38. The first-order valence-electron chi connectivity index (χ1n) is 9.57. The molecule has 4 aromatic carbocycles. The van der Waals surface area contributed by atoms with Crippen molar-refractivity contribution in [2.75, 3.05) is 0 Å². The van der Waals surface area contributed by atoms with Crippen LogP contribution in [0.4, 0.5) is 5.69 Å². The predicted octanol–water partition coefficient (Wildman–Crippen LogP) is 8.01. The molecule has 0 amide bonds. The Kier molecular flexibility index (Phi) is 3.35. The van der Waals surface area contributed by atoms with Crippen LogP contribution in [0, 0.1) is 13.5 Å². The zero-order valence-electron chi connectivity index (χ0n) is 15.8. The molecule has 136 valence electrons. The van der Waals surface area contributed by atoms with Crippen LogP contribution in [0.5, 0.6) is 0 Å². The first-order chi connectivity index (χ1) is 14.2. The lowest BCUT2D eigenvalue weighted by Crippen LogP contribution is -1.93. The topological polar surface area (TPSA) is 9.29 Å². The van der Waals surface area contributed by atoms with Gasteiger partial charge in [-0.2, -0.15) is 0 Å². The summed E-state index contributed by atoms with van der Waals surface area (Å²) in [5.74, 6) is 0. The molecule has 0 spiro atoms. The Bertz CT molecular complexity index is 1630. The van der Waals surface area contributed by atoms with Gasteiger partial charge in [0.2, 0.25) is 0 Å².